The minimum atomic E-state index is -0.524. The van der Waals surface area contributed by atoms with Crippen molar-refractivity contribution in [2.24, 2.45) is 0 Å². The zero-order chi connectivity index (χ0) is 22.0. The number of benzene rings is 2. The number of hydrogen-bond donors (Lipinski definition) is 0. The minimum Gasteiger partial charge on any atom is -0.494 e. The van der Waals surface area contributed by atoms with Crippen molar-refractivity contribution in [3.05, 3.63) is 70.2 Å². The lowest BCUT2D eigenvalue weighted by atomic mass is 10.1. The topological polar surface area (TPSA) is 85.8 Å². The summed E-state index contributed by atoms with van der Waals surface area (Å²) >= 11 is 1.24. The molecule has 158 valence electrons. The molecule has 1 aliphatic heterocycles. The van der Waals surface area contributed by atoms with E-state index < -0.39 is 5.97 Å². The van der Waals surface area contributed by atoms with E-state index >= 15 is 0 Å². The van der Waals surface area contributed by atoms with Crippen LogP contribution in [0.3, 0.4) is 0 Å². The SMILES string of the molecule is CCOc1ccc(-c2nc(C)c(C(=O)OCCN3C(=O)c4ccccc4C3=O)s2)cc1. The van der Waals surface area contributed by atoms with Crippen LogP contribution in [0.4, 0.5) is 0 Å². The Hall–Kier alpha value is -3.52. The number of aryl methyl sites for hydroxylation is 1. The smallest absolute Gasteiger partial charge is 0.350 e. The van der Waals surface area contributed by atoms with Gasteiger partial charge in [-0.1, -0.05) is 12.1 Å². The van der Waals surface area contributed by atoms with Crippen LogP contribution in [0.25, 0.3) is 10.6 Å². The number of hydrogen-bond acceptors (Lipinski definition) is 7. The number of rotatable bonds is 7. The van der Waals surface area contributed by atoms with Gasteiger partial charge in [0.1, 0.15) is 22.2 Å². The van der Waals surface area contributed by atoms with Crippen molar-refractivity contribution < 1.29 is 23.9 Å². The molecule has 7 nitrogen and oxygen atoms in total. The normalized spacial score (nSPS) is 12.8. The molecule has 0 bridgehead atoms. The van der Waals surface area contributed by atoms with E-state index in [0.29, 0.717) is 33.3 Å². The summed E-state index contributed by atoms with van der Waals surface area (Å²) in [6.45, 7) is 4.17. The van der Waals surface area contributed by atoms with E-state index in [-0.39, 0.29) is 25.0 Å². The van der Waals surface area contributed by atoms with Crippen molar-refractivity contribution >= 4 is 29.1 Å². The molecule has 0 saturated carbocycles. The Labute approximate surface area is 183 Å². The zero-order valence-electron chi connectivity index (χ0n) is 17.1. The predicted octanol–water partition coefficient (Wildman–Crippen LogP) is 3.97. The number of amides is 2. The second-order valence-electron chi connectivity index (χ2n) is 6.83. The van der Waals surface area contributed by atoms with Crippen LogP contribution < -0.4 is 4.74 Å². The number of imide groups is 1. The molecule has 0 saturated heterocycles. The first-order chi connectivity index (χ1) is 15.0. The van der Waals surface area contributed by atoms with Gasteiger partial charge in [-0.2, -0.15) is 0 Å². The Kier molecular flexibility index (Phi) is 5.81. The fourth-order valence-electron chi connectivity index (χ4n) is 3.31. The molecule has 2 aromatic carbocycles. The summed E-state index contributed by atoms with van der Waals surface area (Å²) < 4.78 is 10.8. The van der Waals surface area contributed by atoms with Crippen molar-refractivity contribution in [3.8, 4) is 16.3 Å². The van der Waals surface area contributed by atoms with Gasteiger partial charge in [0.15, 0.2) is 0 Å². The molecule has 0 aliphatic carbocycles. The lowest BCUT2D eigenvalue weighted by molar-refractivity contribution is 0.0423. The average molecular weight is 436 g/mol. The van der Waals surface area contributed by atoms with Gasteiger partial charge < -0.3 is 9.47 Å². The van der Waals surface area contributed by atoms with Crippen LogP contribution in [-0.2, 0) is 4.74 Å². The van der Waals surface area contributed by atoms with Crippen molar-refractivity contribution in [3.63, 3.8) is 0 Å². The van der Waals surface area contributed by atoms with E-state index in [1.165, 1.54) is 11.3 Å². The maximum absolute atomic E-state index is 12.5. The fraction of sp³-hybridized carbons (Fsp3) is 0.217. The number of nitrogens with zero attached hydrogens (tertiary/aromatic N) is 2. The Bertz CT molecular complexity index is 1120. The molecule has 31 heavy (non-hydrogen) atoms. The summed E-state index contributed by atoms with van der Waals surface area (Å²) in [7, 11) is 0. The Morgan fingerprint density at radius 3 is 2.29 bits per heavy atom. The second kappa shape index (κ2) is 8.69. The summed E-state index contributed by atoms with van der Waals surface area (Å²) in [5.74, 6) is -0.497. The van der Waals surface area contributed by atoms with Crippen molar-refractivity contribution in [1.82, 2.24) is 9.88 Å². The third-order valence-electron chi connectivity index (χ3n) is 4.82. The van der Waals surface area contributed by atoms with Crippen LogP contribution in [0.1, 0.15) is 43.0 Å². The molecule has 0 unspecified atom stereocenters. The maximum Gasteiger partial charge on any atom is 0.350 e. The molecular weight excluding hydrogens is 416 g/mol. The van der Waals surface area contributed by atoms with Crippen LogP contribution in [0.5, 0.6) is 5.75 Å². The van der Waals surface area contributed by atoms with Gasteiger partial charge in [0, 0.05) is 5.56 Å². The van der Waals surface area contributed by atoms with Gasteiger partial charge in [0.2, 0.25) is 0 Å². The van der Waals surface area contributed by atoms with E-state index in [1.54, 1.807) is 31.2 Å². The quantitative estimate of drug-likeness (QED) is 0.412. The first kappa shape index (κ1) is 20.7. The number of carbonyl (C=O) groups is 3. The van der Waals surface area contributed by atoms with Gasteiger partial charge in [-0.25, -0.2) is 9.78 Å². The highest BCUT2D eigenvalue weighted by atomic mass is 32.1. The molecule has 1 aliphatic rings. The Morgan fingerprint density at radius 2 is 1.68 bits per heavy atom. The molecule has 0 atom stereocenters. The van der Waals surface area contributed by atoms with E-state index in [0.717, 1.165) is 16.2 Å². The number of fused-ring (bicyclic) bond motifs is 1. The summed E-state index contributed by atoms with van der Waals surface area (Å²) in [6.07, 6.45) is 0. The molecule has 2 amide bonds. The zero-order valence-corrected chi connectivity index (χ0v) is 17.9. The Morgan fingerprint density at radius 1 is 1.03 bits per heavy atom. The van der Waals surface area contributed by atoms with Gasteiger partial charge in [0.05, 0.1) is 30.0 Å². The summed E-state index contributed by atoms with van der Waals surface area (Å²) in [5.41, 5.74) is 2.19. The molecule has 0 radical (unpaired) electrons. The molecule has 8 heteroatoms. The van der Waals surface area contributed by atoms with Crippen LogP contribution in [-0.4, -0.2) is 47.4 Å². The predicted molar refractivity (Wildman–Crippen MR) is 116 cm³/mol. The Balaban J connectivity index is 1.38. The van der Waals surface area contributed by atoms with Gasteiger partial charge >= 0.3 is 5.97 Å². The number of esters is 1. The number of aromatic nitrogens is 1. The first-order valence-electron chi connectivity index (χ1n) is 9.82. The van der Waals surface area contributed by atoms with Gasteiger partial charge in [0.25, 0.3) is 11.8 Å². The van der Waals surface area contributed by atoms with Gasteiger partial charge in [-0.15, -0.1) is 11.3 Å². The molecule has 3 aromatic rings. The lowest BCUT2D eigenvalue weighted by Gasteiger charge is -2.13. The third-order valence-corrected chi connectivity index (χ3v) is 6.01. The standard InChI is InChI=1S/C23H20N2O5S/c1-3-29-16-10-8-15(9-11-16)20-24-14(2)19(31-20)23(28)30-13-12-25-21(26)17-6-4-5-7-18(17)22(25)27/h4-11H,3,12-13H2,1-2H3. The highest BCUT2D eigenvalue weighted by Crippen LogP contribution is 2.30. The van der Waals surface area contributed by atoms with Crippen molar-refractivity contribution in [1.29, 1.82) is 0 Å². The van der Waals surface area contributed by atoms with Crippen LogP contribution in [0.2, 0.25) is 0 Å². The molecule has 4 rings (SSSR count). The first-order valence-corrected chi connectivity index (χ1v) is 10.6. The van der Waals surface area contributed by atoms with E-state index in [9.17, 15) is 14.4 Å². The lowest BCUT2D eigenvalue weighted by Crippen LogP contribution is -2.33. The molecule has 0 fully saturated rings. The van der Waals surface area contributed by atoms with E-state index in [4.69, 9.17) is 9.47 Å². The highest BCUT2D eigenvalue weighted by molar-refractivity contribution is 7.17. The van der Waals surface area contributed by atoms with Crippen molar-refractivity contribution in [2.75, 3.05) is 19.8 Å². The summed E-state index contributed by atoms with van der Waals surface area (Å²) in [4.78, 5) is 43.3. The number of ether oxygens (including phenoxy) is 2. The summed E-state index contributed by atoms with van der Waals surface area (Å²) in [5, 5.41) is 0.702. The van der Waals surface area contributed by atoms with Crippen LogP contribution >= 0.6 is 11.3 Å². The number of carbonyl (C=O) groups excluding carboxylic acids is 3. The fourth-order valence-corrected chi connectivity index (χ4v) is 4.27. The largest absolute Gasteiger partial charge is 0.494 e. The minimum absolute atomic E-state index is 0.00167. The summed E-state index contributed by atoms with van der Waals surface area (Å²) in [6, 6.07) is 14.1. The van der Waals surface area contributed by atoms with E-state index in [2.05, 4.69) is 4.98 Å². The van der Waals surface area contributed by atoms with Crippen molar-refractivity contribution in [2.45, 2.75) is 13.8 Å². The van der Waals surface area contributed by atoms with Crippen LogP contribution in [0, 0.1) is 6.92 Å². The van der Waals surface area contributed by atoms with Crippen LogP contribution in [0.15, 0.2) is 48.5 Å². The third kappa shape index (κ3) is 4.06. The van der Waals surface area contributed by atoms with Gasteiger partial charge in [-0.05, 0) is 50.2 Å². The molecular formula is C23H20N2O5S. The average Bonchev–Trinajstić information content (AvgIpc) is 3.28. The van der Waals surface area contributed by atoms with E-state index in [1.807, 2.05) is 31.2 Å². The monoisotopic (exact) mass is 436 g/mol. The molecule has 0 spiro atoms. The maximum atomic E-state index is 12.5. The highest BCUT2D eigenvalue weighted by Gasteiger charge is 2.35. The second-order valence-corrected chi connectivity index (χ2v) is 7.83. The molecule has 2 heterocycles. The molecule has 0 N–H and O–H groups in total. The molecule has 1 aromatic heterocycles. The number of thiazole rings is 1. The van der Waals surface area contributed by atoms with Gasteiger partial charge in [-0.3, -0.25) is 14.5 Å².